The maximum absolute atomic E-state index is 12.5. The summed E-state index contributed by atoms with van der Waals surface area (Å²) in [5.74, 6) is 0. The van der Waals surface area contributed by atoms with Crippen molar-refractivity contribution < 1.29 is 0 Å². The molecule has 3 nitrogen and oxygen atoms in total. The lowest BCUT2D eigenvalue weighted by atomic mass is 10.1. The fourth-order valence-electron chi connectivity index (χ4n) is 2.40. The molecule has 0 unspecified atom stereocenters. The summed E-state index contributed by atoms with van der Waals surface area (Å²) in [4.78, 5) is 12.5. The first-order chi connectivity index (χ1) is 10.7. The highest BCUT2D eigenvalue weighted by Crippen LogP contribution is 2.23. The van der Waals surface area contributed by atoms with Gasteiger partial charge in [-0.2, -0.15) is 0 Å². The number of hydrogen-bond acceptors (Lipinski definition) is 2. The van der Waals surface area contributed by atoms with E-state index in [0.717, 1.165) is 16.7 Å². The quantitative estimate of drug-likeness (QED) is 0.800. The molecule has 2 aromatic carbocycles. The van der Waals surface area contributed by atoms with Crippen LogP contribution in [0.1, 0.15) is 5.56 Å². The predicted molar refractivity (Wildman–Crippen MR) is 91.1 cm³/mol. The van der Waals surface area contributed by atoms with Crippen molar-refractivity contribution in [3.05, 3.63) is 87.8 Å². The van der Waals surface area contributed by atoms with Crippen LogP contribution in [0, 0.1) is 0 Å². The van der Waals surface area contributed by atoms with Gasteiger partial charge in [0.1, 0.15) is 5.69 Å². The van der Waals surface area contributed by atoms with Gasteiger partial charge >= 0.3 is 0 Å². The van der Waals surface area contributed by atoms with Crippen LogP contribution in [0.15, 0.2) is 71.7 Å². The molecule has 0 saturated carbocycles. The Morgan fingerprint density at radius 1 is 0.955 bits per heavy atom. The van der Waals surface area contributed by atoms with Crippen molar-refractivity contribution >= 4 is 17.3 Å². The number of rotatable bonds is 3. The van der Waals surface area contributed by atoms with Crippen LogP contribution in [0.3, 0.4) is 0 Å². The molecule has 1 aromatic heterocycles. The van der Waals surface area contributed by atoms with Crippen LogP contribution >= 0.6 is 11.6 Å². The largest absolute Gasteiger partial charge is 0.394 e. The monoisotopic (exact) mass is 310 g/mol. The second-order valence-electron chi connectivity index (χ2n) is 5.03. The van der Waals surface area contributed by atoms with Crippen molar-refractivity contribution in [3.8, 4) is 11.1 Å². The fourth-order valence-corrected chi connectivity index (χ4v) is 2.59. The van der Waals surface area contributed by atoms with E-state index in [1.165, 1.54) is 0 Å². The van der Waals surface area contributed by atoms with E-state index in [-0.39, 0.29) is 11.2 Å². The van der Waals surface area contributed by atoms with Gasteiger partial charge < -0.3 is 10.3 Å². The lowest BCUT2D eigenvalue weighted by molar-refractivity contribution is 0.763. The number of aromatic nitrogens is 1. The average Bonchev–Trinajstić information content (AvgIpc) is 2.55. The number of nitrogens with zero attached hydrogens (tertiary/aromatic N) is 1. The Balaban J connectivity index is 2.01. The van der Waals surface area contributed by atoms with E-state index < -0.39 is 0 Å². The summed E-state index contributed by atoms with van der Waals surface area (Å²) in [6.45, 7) is 0.401. The zero-order valence-electron chi connectivity index (χ0n) is 11.9. The molecule has 0 amide bonds. The Morgan fingerprint density at radius 3 is 2.36 bits per heavy atom. The molecule has 0 radical (unpaired) electrons. The number of nitrogen functional groups attached to an aromatic ring is 1. The van der Waals surface area contributed by atoms with Gasteiger partial charge in [0.2, 0.25) is 0 Å². The number of benzene rings is 2. The van der Waals surface area contributed by atoms with E-state index >= 15 is 0 Å². The van der Waals surface area contributed by atoms with Crippen LogP contribution in [0.5, 0.6) is 0 Å². The molecule has 0 aliphatic carbocycles. The topological polar surface area (TPSA) is 48.0 Å². The SMILES string of the molecule is Nc1c(-c2ccccc2)ccn(Cc2ccccc2Cl)c1=O. The Labute approximate surface area is 133 Å². The van der Waals surface area contributed by atoms with Crippen molar-refractivity contribution in [1.29, 1.82) is 0 Å². The fraction of sp³-hybridized carbons (Fsp3) is 0.0556. The van der Waals surface area contributed by atoms with E-state index in [9.17, 15) is 4.79 Å². The van der Waals surface area contributed by atoms with Crippen LogP contribution in [-0.2, 0) is 6.54 Å². The molecule has 0 atom stereocenters. The summed E-state index contributed by atoms with van der Waals surface area (Å²) in [5.41, 5.74) is 8.65. The standard InChI is InChI=1S/C18H15ClN2O/c19-16-9-5-4-8-14(16)12-21-11-10-15(17(20)18(21)22)13-6-2-1-3-7-13/h1-11H,12,20H2. The maximum atomic E-state index is 12.5. The lowest BCUT2D eigenvalue weighted by Gasteiger charge is -2.11. The van der Waals surface area contributed by atoms with Crippen LogP contribution in [0.4, 0.5) is 5.69 Å². The van der Waals surface area contributed by atoms with Crippen LogP contribution in [0.25, 0.3) is 11.1 Å². The summed E-state index contributed by atoms with van der Waals surface area (Å²) in [6, 6.07) is 19.0. The first-order valence-corrected chi connectivity index (χ1v) is 7.32. The number of halogens is 1. The molecule has 3 aromatic rings. The van der Waals surface area contributed by atoms with Gasteiger partial charge in [0.25, 0.3) is 5.56 Å². The minimum Gasteiger partial charge on any atom is -0.394 e. The van der Waals surface area contributed by atoms with Crippen LogP contribution < -0.4 is 11.3 Å². The molecule has 4 heteroatoms. The minimum atomic E-state index is -0.207. The molecule has 0 aliphatic rings. The Morgan fingerprint density at radius 2 is 1.64 bits per heavy atom. The van der Waals surface area contributed by atoms with Crippen molar-refractivity contribution in [2.24, 2.45) is 0 Å². The van der Waals surface area contributed by atoms with E-state index in [1.807, 2.05) is 60.7 Å². The van der Waals surface area contributed by atoms with Crippen molar-refractivity contribution in [2.75, 3.05) is 5.73 Å². The second kappa shape index (κ2) is 6.08. The number of anilines is 1. The highest BCUT2D eigenvalue weighted by Gasteiger charge is 2.09. The molecule has 110 valence electrons. The van der Waals surface area contributed by atoms with Gasteiger partial charge in [-0.3, -0.25) is 4.79 Å². The van der Waals surface area contributed by atoms with Gasteiger partial charge in [-0.15, -0.1) is 0 Å². The molecule has 3 rings (SSSR count). The average molecular weight is 311 g/mol. The van der Waals surface area contributed by atoms with E-state index in [2.05, 4.69) is 0 Å². The Bertz CT molecular complexity index is 856. The first kappa shape index (κ1) is 14.4. The molecule has 0 fully saturated rings. The maximum Gasteiger partial charge on any atom is 0.274 e. The zero-order valence-corrected chi connectivity index (χ0v) is 12.6. The number of nitrogens with two attached hydrogens (primary N) is 1. The molecule has 0 aliphatic heterocycles. The summed E-state index contributed by atoms with van der Waals surface area (Å²) in [7, 11) is 0. The molecule has 1 heterocycles. The molecule has 2 N–H and O–H groups in total. The first-order valence-electron chi connectivity index (χ1n) is 6.94. The van der Waals surface area contributed by atoms with Crippen molar-refractivity contribution in [3.63, 3.8) is 0 Å². The molecule has 0 spiro atoms. The van der Waals surface area contributed by atoms with Crippen LogP contribution in [-0.4, -0.2) is 4.57 Å². The molecule has 0 bridgehead atoms. The normalized spacial score (nSPS) is 10.6. The van der Waals surface area contributed by atoms with Gasteiger partial charge in [-0.1, -0.05) is 60.1 Å². The highest BCUT2D eigenvalue weighted by molar-refractivity contribution is 6.31. The van der Waals surface area contributed by atoms with Gasteiger partial charge in [0.15, 0.2) is 0 Å². The van der Waals surface area contributed by atoms with Gasteiger partial charge in [-0.25, -0.2) is 0 Å². The summed E-state index contributed by atoms with van der Waals surface area (Å²) in [6.07, 6.45) is 1.75. The zero-order chi connectivity index (χ0) is 15.5. The van der Waals surface area contributed by atoms with Crippen molar-refractivity contribution in [1.82, 2.24) is 4.57 Å². The third-order valence-corrected chi connectivity index (χ3v) is 3.95. The Hall–Kier alpha value is -2.52. The van der Waals surface area contributed by atoms with E-state index in [4.69, 9.17) is 17.3 Å². The minimum absolute atomic E-state index is 0.207. The summed E-state index contributed by atoms with van der Waals surface area (Å²) < 4.78 is 1.57. The highest BCUT2D eigenvalue weighted by atomic mass is 35.5. The third-order valence-electron chi connectivity index (χ3n) is 3.59. The van der Waals surface area contributed by atoms with Gasteiger partial charge in [0.05, 0.1) is 6.54 Å². The Kier molecular flexibility index (Phi) is 3.98. The van der Waals surface area contributed by atoms with E-state index in [0.29, 0.717) is 11.6 Å². The van der Waals surface area contributed by atoms with E-state index in [1.54, 1.807) is 10.8 Å². The number of pyridine rings is 1. The summed E-state index contributed by atoms with van der Waals surface area (Å²) >= 11 is 6.15. The van der Waals surface area contributed by atoms with Crippen LogP contribution in [0.2, 0.25) is 5.02 Å². The predicted octanol–water partition coefficient (Wildman–Crippen LogP) is 3.80. The molecule has 22 heavy (non-hydrogen) atoms. The molecule has 0 saturated heterocycles. The van der Waals surface area contributed by atoms with Gasteiger partial charge in [-0.05, 0) is 23.3 Å². The second-order valence-corrected chi connectivity index (χ2v) is 5.44. The summed E-state index contributed by atoms with van der Waals surface area (Å²) in [5, 5.41) is 0.639. The van der Waals surface area contributed by atoms with Crippen molar-refractivity contribution in [2.45, 2.75) is 6.54 Å². The molecular weight excluding hydrogens is 296 g/mol. The third kappa shape index (κ3) is 2.76. The molecular formula is C18H15ClN2O. The number of hydrogen-bond donors (Lipinski definition) is 1. The smallest absolute Gasteiger partial charge is 0.274 e. The lowest BCUT2D eigenvalue weighted by Crippen LogP contribution is -2.23. The van der Waals surface area contributed by atoms with Gasteiger partial charge in [0, 0.05) is 16.8 Å².